The minimum Gasteiger partial charge on any atom is -0.332 e. The molecule has 0 heterocycles. The van der Waals surface area contributed by atoms with Crippen LogP contribution in [0.15, 0.2) is 42.5 Å². The van der Waals surface area contributed by atoms with Crippen LogP contribution in [-0.4, -0.2) is 22.3 Å². The maximum Gasteiger partial charge on any atom is 0.288 e. The van der Waals surface area contributed by atoms with E-state index in [1.54, 1.807) is 29.2 Å². The lowest BCUT2D eigenvalue weighted by atomic mass is 10.0. The molecule has 0 saturated carbocycles. The summed E-state index contributed by atoms with van der Waals surface area (Å²) in [5.74, 6) is -0.320. The third kappa shape index (κ3) is 3.95. The van der Waals surface area contributed by atoms with Crippen LogP contribution >= 0.6 is 11.6 Å². The lowest BCUT2D eigenvalue weighted by Crippen LogP contribution is -2.33. The van der Waals surface area contributed by atoms with Gasteiger partial charge in [-0.15, -0.1) is 0 Å². The SMILES string of the molecule is CCN(C(=O)c1ccc(Cl)c([N+](=O)[O-])c1)C(C)c1ccc(C#N)cc1. The first-order valence-corrected chi connectivity index (χ1v) is 8.01. The second-order valence-corrected chi connectivity index (χ2v) is 5.83. The minimum atomic E-state index is -0.612. The molecule has 25 heavy (non-hydrogen) atoms. The molecule has 1 atom stereocenters. The predicted octanol–water partition coefficient (Wildman–Crippen LogP) is 4.34. The Balaban J connectivity index is 2.33. The van der Waals surface area contributed by atoms with Gasteiger partial charge < -0.3 is 4.90 Å². The maximum atomic E-state index is 12.8. The fourth-order valence-electron chi connectivity index (χ4n) is 2.56. The van der Waals surface area contributed by atoms with Crippen molar-refractivity contribution in [1.29, 1.82) is 5.26 Å². The van der Waals surface area contributed by atoms with Crippen molar-refractivity contribution < 1.29 is 9.72 Å². The van der Waals surface area contributed by atoms with E-state index in [1.807, 2.05) is 13.8 Å². The van der Waals surface area contributed by atoms with Gasteiger partial charge in [-0.3, -0.25) is 14.9 Å². The summed E-state index contributed by atoms with van der Waals surface area (Å²) >= 11 is 5.80. The Labute approximate surface area is 150 Å². The normalized spacial score (nSPS) is 11.4. The maximum absolute atomic E-state index is 12.8. The third-order valence-electron chi connectivity index (χ3n) is 3.98. The average Bonchev–Trinajstić information content (AvgIpc) is 2.62. The van der Waals surface area contributed by atoms with Gasteiger partial charge >= 0.3 is 0 Å². The van der Waals surface area contributed by atoms with E-state index < -0.39 is 4.92 Å². The quantitative estimate of drug-likeness (QED) is 0.588. The van der Waals surface area contributed by atoms with Gasteiger partial charge in [0.2, 0.25) is 0 Å². The molecule has 2 rings (SSSR count). The Kier molecular flexibility index (Phi) is 5.73. The first-order valence-electron chi connectivity index (χ1n) is 7.64. The van der Waals surface area contributed by atoms with Crippen LogP contribution < -0.4 is 0 Å². The number of rotatable bonds is 5. The zero-order chi connectivity index (χ0) is 18.6. The Morgan fingerprint density at radius 2 is 1.96 bits per heavy atom. The molecule has 1 unspecified atom stereocenters. The highest BCUT2D eigenvalue weighted by Crippen LogP contribution is 2.28. The van der Waals surface area contributed by atoms with Gasteiger partial charge in [-0.25, -0.2) is 0 Å². The van der Waals surface area contributed by atoms with E-state index in [0.717, 1.165) is 5.56 Å². The van der Waals surface area contributed by atoms with E-state index in [9.17, 15) is 14.9 Å². The van der Waals surface area contributed by atoms with E-state index in [0.29, 0.717) is 12.1 Å². The molecule has 0 aliphatic rings. The van der Waals surface area contributed by atoms with Crippen LogP contribution in [0, 0.1) is 21.4 Å². The number of carbonyl (C=O) groups is 1. The summed E-state index contributed by atoms with van der Waals surface area (Å²) in [5.41, 5.74) is 1.32. The van der Waals surface area contributed by atoms with Gasteiger partial charge in [0.1, 0.15) is 5.02 Å². The van der Waals surface area contributed by atoms with E-state index in [1.165, 1.54) is 18.2 Å². The number of hydrogen-bond acceptors (Lipinski definition) is 4. The number of nitriles is 1. The second kappa shape index (κ2) is 7.77. The smallest absolute Gasteiger partial charge is 0.288 e. The van der Waals surface area contributed by atoms with Crippen LogP contribution in [0.2, 0.25) is 5.02 Å². The van der Waals surface area contributed by atoms with Gasteiger partial charge in [0.05, 0.1) is 22.6 Å². The van der Waals surface area contributed by atoms with Crippen molar-refractivity contribution in [3.05, 3.63) is 74.3 Å². The summed E-state index contributed by atoms with van der Waals surface area (Å²) in [6.07, 6.45) is 0. The zero-order valence-electron chi connectivity index (χ0n) is 13.8. The number of halogens is 1. The summed E-state index contributed by atoms with van der Waals surface area (Å²) in [6, 6.07) is 12.8. The fraction of sp³-hybridized carbons (Fsp3) is 0.222. The van der Waals surface area contributed by atoms with E-state index in [4.69, 9.17) is 16.9 Å². The molecule has 0 aromatic heterocycles. The first kappa shape index (κ1) is 18.4. The van der Waals surface area contributed by atoms with Crippen LogP contribution in [0.3, 0.4) is 0 Å². The summed E-state index contributed by atoms with van der Waals surface area (Å²) in [6.45, 7) is 4.13. The van der Waals surface area contributed by atoms with Crippen LogP contribution in [0.1, 0.15) is 41.4 Å². The minimum absolute atomic E-state index is 0.00950. The van der Waals surface area contributed by atoms with Crippen molar-refractivity contribution in [3.8, 4) is 6.07 Å². The molecule has 0 bridgehead atoms. The molecule has 0 N–H and O–H groups in total. The number of benzene rings is 2. The van der Waals surface area contributed by atoms with Crippen molar-refractivity contribution in [3.63, 3.8) is 0 Å². The molecular weight excluding hydrogens is 342 g/mol. The number of hydrogen-bond donors (Lipinski definition) is 0. The molecule has 6 nitrogen and oxygen atoms in total. The van der Waals surface area contributed by atoms with E-state index in [2.05, 4.69) is 6.07 Å². The van der Waals surface area contributed by atoms with Gasteiger partial charge in [0.15, 0.2) is 0 Å². The molecule has 0 aliphatic carbocycles. The summed E-state index contributed by atoms with van der Waals surface area (Å²) in [7, 11) is 0. The average molecular weight is 358 g/mol. The van der Waals surface area contributed by atoms with Crippen LogP contribution in [0.4, 0.5) is 5.69 Å². The lowest BCUT2D eigenvalue weighted by Gasteiger charge is -2.28. The Morgan fingerprint density at radius 1 is 1.32 bits per heavy atom. The van der Waals surface area contributed by atoms with Crippen molar-refractivity contribution in [1.82, 2.24) is 4.90 Å². The van der Waals surface area contributed by atoms with Crippen LogP contribution in [-0.2, 0) is 0 Å². The summed E-state index contributed by atoms with van der Waals surface area (Å²) in [5, 5.41) is 19.9. The molecule has 0 radical (unpaired) electrons. The van der Waals surface area contributed by atoms with Gasteiger partial charge in [-0.2, -0.15) is 5.26 Å². The number of nitro groups is 1. The molecule has 0 spiro atoms. The monoisotopic (exact) mass is 357 g/mol. The third-order valence-corrected chi connectivity index (χ3v) is 4.30. The van der Waals surface area contributed by atoms with Crippen molar-refractivity contribution in [2.75, 3.05) is 6.54 Å². The number of nitro benzene ring substituents is 1. The zero-order valence-corrected chi connectivity index (χ0v) is 14.5. The second-order valence-electron chi connectivity index (χ2n) is 5.42. The summed E-state index contributed by atoms with van der Waals surface area (Å²) in [4.78, 5) is 24.8. The molecule has 7 heteroatoms. The Bertz CT molecular complexity index is 844. The van der Waals surface area contributed by atoms with Crippen molar-refractivity contribution in [2.45, 2.75) is 19.9 Å². The molecule has 0 saturated heterocycles. The Hall–Kier alpha value is -2.91. The fourth-order valence-corrected chi connectivity index (χ4v) is 2.75. The topological polar surface area (TPSA) is 87.2 Å². The van der Waals surface area contributed by atoms with Gasteiger partial charge in [-0.1, -0.05) is 23.7 Å². The number of amides is 1. The van der Waals surface area contributed by atoms with Crippen LogP contribution in [0.5, 0.6) is 0 Å². The highest BCUT2D eigenvalue weighted by Gasteiger charge is 2.24. The molecule has 2 aromatic carbocycles. The van der Waals surface area contributed by atoms with Crippen molar-refractivity contribution in [2.24, 2.45) is 0 Å². The molecule has 0 aliphatic heterocycles. The highest BCUT2D eigenvalue weighted by molar-refractivity contribution is 6.32. The molecule has 0 fully saturated rings. The number of nitrogens with zero attached hydrogens (tertiary/aromatic N) is 3. The standard InChI is InChI=1S/C18H16ClN3O3/c1-3-21(12(2)14-6-4-13(11-20)5-7-14)18(23)15-8-9-16(19)17(10-15)22(24)25/h4-10,12H,3H2,1-2H3. The summed E-state index contributed by atoms with van der Waals surface area (Å²) < 4.78 is 0. The largest absolute Gasteiger partial charge is 0.332 e. The van der Waals surface area contributed by atoms with E-state index in [-0.39, 0.29) is 28.2 Å². The Morgan fingerprint density at radius 3 is 2.48 bits per heavy atom. The lowest BCUT2D eigenvalue weighted by molar-refractivity contribution is -0.384. The predicted molar refractivity (Wildman–Crippen MR) is 94.4 cm³/mol. The van der Waals surface area contributed by atoms with Crippen molar-refractivity contribution >= 4 is 23.2 Å². The molecule has 2 aromatic rings. The van der Waals surface area contributed by atoms with Gasteiger partial charge in [0.25, 0.3) is 11.6 Å². The number of carbonyl (C=O) groups excluding carboxylic acids is 1. The van der Waals surface area contributed by atoms with E-state index >= 15 is 0 Å². The highest BCUT2D eigenvalue weighted by atomic mass is 35.5. The van der Waals surface area contributed by atoms with Gasteiger partial charge in [-0.05, 0) is 43.7 Å². The molecule has 1 amide bonds. The molecular formula is C18H16ClN3O3. The molecule has 128 valence electrons. The first-order chi connectivity index (χ1) is 11.9. The van der Waals surface area contributed by atoms with Gasteiger partial charge in [0, 0.05) is 18.2 Å². The van der Waals surface area contributed by atoms with Crippen LogP contribution in [0.25, 0.3) is 0 Å².